The lowest BCUT2D eigenvalue weighted by Gasteiger charge is -2.21. The molecule has 1 aromatic heterocycles. The van der Waals surface area contributed by atoms with Gasteiger partial charge in [-0.1, -0.05) is 18.7 Å². The second-order valence-electron chi connectivity index (χ2n) is 4.80. The summed E-state index contributed by atoms with van der Waals surface area (Å²) in [6.07, 6.45) is 0. The third-order valence-electron chi connectivity index (χ3n) is 2.94. The third kappa shape index (κ3) is 3.26. The van der Waals surface area contributed by atoms with E-state index in [1.165, 1.54) is 21.1 Å². The second-order valence-corrected chi connectivity index (χ2v) is 7.27. The molecule has 0 aromatic carbocycles. The highest BCUT2D eigenvalue weighted by atomic mass is 32.2. The van der Waals surface area contributed by atoms with Crippen LogP contribution in [0.25, 0.3) is 0 Å². The average molecular weight is 268 g/mol. The van der Waals surface area contributed by atoms with E-state index in [1.807, 2.05) is 23.1 Å². The highest BCUT2D eigenvalue weighted by molar-refractivity contribution is 8.13. The number of thiophene rings is 1. The van der Waals surface area contributed by atoms with Gasteiger partial charge < -0.3 is 5.32 Å². The Morgan fingerprint density at radius 2 is 2.24 bits per heavy atom. The monoisotopic (exact) mass is 268 g/mol. The minimum Gasteiger partial charge on any atom is -0.358 e. The lowest BCUT2D eigenvalue weighted by atomic mass is 10.1. The van der Waals surface area contributed by atoms with Gasteiger partial charge in [-0.2, -0.15) is 0 Å². The predicted octanol–water partition coefficient (Wildman–Crippen LogP) is 3.75. The number of aliphatic imine (C=N–C) groups is 1. The van der Waals surface area contributed by atoms with Crippen LogP contribution in [0.4, 0.5) is 0 Å². The Hall–Kier alpha value is -0.480. The summed E-state index contributed by atoms with van der Waals surface area (Å²) in [6.45, 7) is 9.80. The molecule has 0 bridgehead atoms. The first-order chi connectivity index (χ1) is 8.06. The lowest BCUT2D eigenvalue weighted by Crippen LogP contribution is -2.28. The van der Waals surface area contributed by atoms with Crippen molar-refractivity contribution in [3.05, 3.63) is 21.4 Å². The van der Waals surface area contributed by atoms with Crippen LogP contribution in [0, 0.1) is 19.8 Å². The fraction of sp³-hybridized carbons (Fsp3) is 0.615. The number of amidine groups is 1. The molecule has 94 valence electrons. The molecule has 1 aliphatic rings. The Morgan fingerprint density at radius 3 is 2.76 bits per heavy atom. The first kappa shape index (κ1) is 13.0. The van der Waals surface area contributed by atoms with Gasteiger partial charge in [0.2, 0.25) is 0 Å². The van der Waals surface area contributed by atoms with Gasteiger partial charge in [0, 0.05) is 22.1 Å². The van der Waals surface area contributed by atoms with Gasteiger partial charge >= 0.3 is 0 Å². The highest BCUT2D eigenvalue weighted by Crippen LogP contribution is 2.27. The van der Waals surface area contributed by atoms with Crippen LogP contribution in [-0.2, 0) is 0 Å². The topological polar surface area (TPSA) is 24.4 Å². The first-order valence-electron chi connectivity index (χ1n) is 6.07. The molecule has 0 aliphatic carbocycles. The van der Waals surface area contributed by atoms with E-state index in [0.717, 1.165) is 11.7 Å². The van der Waals surface area contributed by atoms with Crippen molar-refractivity contribution in [3.63, 3.8) is 0 Å². The SMILES string of the molecule is Cc1cc(C(C)NC2=NCC(C)CS2)c(C)s1. The van der Waals surface area contributed by atoms with Gasteiger partial charge in [-0.05, 0) is 38.3 Å². The largest absolute Gasteiger partial charge is 0.358 e. The van der Waals surface area contributed by atoms with Crippen LogP contribution < -0.4 is 5.32 Å². The van der Waals surface area contributed by atoms with Crippen LogP contribution in [0.2, 0.25) is 0 Å². The summed E-state index contributed by atoms with van der Waals surface area (Å²) in [5.41, 5.74) is 1.41. The standard InChI is InChI=1S/C13H20N2S2/c1-8-6-14-13(16-7-8)15-10(3)12-5-9(2)17-11(12)4/h5,8,10H,6-7H2,1-4H3,(H,14,15). The van der Waals surface area contributed by atoms with E-state index in [1.54, 1.807) is 0 Å². The van der Waals surface area contributed by atoms with Crippen molar-refractivity contribution < 1.29 is 0 Å². The Bertz CT molecular complexity index is 423. The molecule has 0 radical (unpaired) electrons. The number of aryl methyl sites for hydroxylation is 2. The van der Waals surface area contributed by atoms with Crippen LogP contribution in [0.15, 0.2) is 11.1 Å². The fourth-order valence-electron chi connectivity index (χ4n) is 1.99. The molecule has 2 rings (SSSR count). The van der Waals surface area contributed by atoms with Crippen molar-refractivity contribution in [3.8, 4) is 0 Å². The molecular weight excluding hydrogens is 248 g/mol. The van der Waals surface area contributed by atoms with Crippen LogP contribution in [0.3, 0.4) is 0 Å². The molecule has 1 N–H and O–H groups in total. The predicted molar refractivity (Wildman–Crippen MR) is 79.3 cm³/mol. The molecule has 1 aromatic rings. The molecule has 4 heteroatoms. The molecule has 0 saturated heterocycles. The quantitative estimate of drug-likeness (QED) is 0.883. The number of thioether (sulfide) groups is 1. The summed E-state index contributed by atoms with van der Waals surface area (Å²) in [6, 6.07) is 2.65. The molecule has 2 heterocycles. The normalized spacial score (nSPS) is 22.1. The summed E-state index contributed by atoms with van der Waals surface area (Å²) < 4.78 is 0. The average Bonchev–Trinajstić information content (AvgIpc) is 2.61. The van der Waals surface area contributed by atoms with Crippen LogP contribution >= 0.6 is 23.1 Å². The van der Waals surface area contributed by atoms with Gasteiger partial charge in [-0.15, -0.1) is 11.3 Å². The summed E-state index contributed by atoms with van der Waals surface area (Å²) in [4.78, 5) is 7.39. The van der Waals surface area contributed by atoms with Crippen molar-refractivity contribution in [1.29, 1.82) is 0 Å². The molecule has 0 saturated carbocycles. The molecule has 1 aliphatic heterocycles. The first-order valence-corrected chi connectivity index (χ1v) is 7.87. The van der Waals surface area contributed by atoms with Gasteiger partial charge in [-0.25, -0.2) is 0 Å². The molecule has 2 nitrogen and oxygen atoms in total. The van der Waals surface area contributed by atoms with Crippen molar-refractivity contribution >= 4 is 28.3 Å². The van der Waals surface area contributed by atoms with Gasteiger partial charge in [0.1, 0.15) is 0 Å². The summed E-state index contributed by atoms with van der Waals surface area (Å²) in [7, 11) is 0. The van der Waals surface area contributed by atoms with Crippen molar-refractivity contribution in [2.45, 2.75) is 33.7 Å². The maximum absolute atomic E-state index is 4.58. The van der Waals surface area contributed by atoms with Gasteiger partial charge in [0.15, 0.2) is 5.17 Å². The Kier molecular flexibility index (Phi) is 4.15. The maximum Gasteiger partial charge on any atom is 0.157 e. The highest BCUT2D eigenvalue weighted by Gasteiger charge is 2.16. The van der Waals surface area contributed by atoms with E-state index in [2.05, 4.69) is 44.1 Å². The zero-order valence-electron chi connectivity index (χ0n) is 10.9. The van der Waals surface area contributed by atoms with E-state index in [9.17, 15) is 0 Å². The second kappa shape index (κ2) is 5.44. The Balaban J connectivity index is 2.02. The fourth-order valence-corrected chi connectivity index (χ4v) is 3.99. The van der Waals surface area contributed by atoms with Gasteiger partial charge in [0.05, 0.1) is 6.04 Å². The van der Waals surface area contributed by atoms with Crippen molar-refractivity contribution in [1.82, 2.24) is 5.32 Å². The number of nitrogens with one attached hydrogen (secondary N) is 1. The zero-order chi connectivity index (χ0) is 12.4. The van der Waals surface area contributed by atoms with Crippen molar-refractivity contribution in [2.75, 3.05) is 12.3 Å². The molecule has 17 heavy (non-hydrogen) atoms. The van der Waals surface area contributed by atoms with Crippen LogP contribution in [-0.4, -0.2) is 17.5 Å². The molecular formula is C13H20N2S2. The molecule has 2 atom stereocenters. The number of hydrogen-bond donors (Lipinski definition) is 1. The van der Waals surface area contributed by atoms with E-state index in [-0.39, 0.29) is 0 Å². The van der Waals surface area contributed by atoms with Gasteiger partial charge in [0.25, 0.3) is 0 Å². The van der Waals surface area contributed by atoms with Crippen LogP contribution in [0.5, 0.6) is 0 Å². The molecule has 0 fully saturated rings. The maximum atomic E-state index is 4.58. The van der Waals surface area contributed by atoms with E-state index in [0.29, 0.717) is 12.0 Å². The summed E-state index contributed by atoms with van der Waals surface area (Å²) in [5.74, 6) is 1.89. The van der Waals surface area contributed by atoms with Gasteiger partial charge in [-0.3, -0.25) is 4.99 Å². The van der Waals surface area contributed by atoms with Crippen molar-refractivity contribution in [2.24, 2.45) is 10.9 Å². The third-order valence-corrected chi connectivity index (χ3v) is 5.17. The zero-order valence-corrected chi connectivity index (χ0v) is 12.5. The number of nitrogens with zero attached hydrogens (tertiary/aromatic N) is 1. The molecule has 0 spiro atoms. The minimum atomic E-state index is 0.361. The van der Waals surface area contributed by atoms with Crippen LogP contribution in [0.1, 0.15) is 35.2 Å². The van der Waals surface area contributed by atoms with E-state index >= 15 is 0 Å². The molecule has 2 unspecified atom stereocenters. The van der Waals surface area contributed by atoms with E-state index in [4.69, 9.17) is 0 Å². The Labute approximate surface area is 112 Å². The lowest BCUT2D eigenvalue weighted by molar-refractivity contribution is 0.658. The number of hydrogen-bond acceptors (Lipinski definition) is 4. The van der Waals surface area contributed by atoms with E-state index < -0.39 is 0 Å². The number of rotatable bonds is 2. The molecule has 0 amide bonds. The summed E-state index contributed by atoms with van der Waals surface area (Å²) >= 11 is 3.72. The summed E-state index contributed by atoms with van der Waals surface area (Å²) in [5, 5.41) is 4.64. The smallest absolute Gasteiger partial charge is 0.157 e. The minimum absolute atomic E-state index is 0.361. The Morgan fingerprint density at radius 1 is 1.47 bits per heavy atom.